The molecule has 0 bridgehead atoms. The van der Waals surface area contributed by atoms with E-state index >= 15 is 0 Å². The number of piperazine rings is 1. The standard InChI is InChI=1S/C17H20N4O3S/c1-19-9-10-20(16-12-25(23,24)11-15(16)19)17(22)13-5-2-3-6-14(13)21-8-4-7-18-21/h2-8,15-16H,9-12H2,1H3. The highest BCUT2D eigenvalue weighted by Gasteiger charge is 2.47. The first-order valence-electron chi connectivity index (χ1n) is 8.27. The van der Waals surface area contributed by atoms with Crippen LogP contribution in [0.1, 0.15) is 10.4 Å². The highest BCUT2D eigenvalue weighted by Crippen LogP contribution is 2.28. The number of likely N-dealkylation sites (N-methyl/N-ethyl adjacent to an activating group) is 1. The van der Waals surface area contributed by atoms with Gasteiger partial charge in [0.1, 0.15) is 0 Å². The van der Waals surface area contributed by atoms with Crippen LogP contribution in [0.5, 0.6) is 0 Å². The molecule has 2 fully saturated rings. The predicted octanol–water partition coefficient (Wildman–Crippen LogP) is 0.426. The van der Waals surface area contributed by atoms with E-state index in [4.69, 9.17) is 0 Å². The number of fused-ring (bicyclic) bond motifs is 1. The topological polar surface area (TPSA) is 75.5 Å². The third-order valence-electron chi connectivity index (χ3n) is 5.10. The van der Waals surface area contributed by atoms with Crippen molar-refractivity contribution >= 4 is 15.7 Å². The molecule has 0 spiro atoms. The Hall–Kier alpha value is -2.19. The van der Waals surface area contributed by atoms with Gasteiger partial charge in [0.05, 0.1) is 28.8 Å². The Balaban J connectivity index is 1.70. The molecule has 2 aliphatic heterocycles. The van der Waals surface area contributed by atoms with Crippen LogP contribution in [0.15, 0.2) is 42.7 Å². The fourth-order valence-corrected chi connectivity index (χ4v) is 5.85. The minimum absolute atomic E-state index is 0.0394. The first-order valence-corrected chi connectivity index (χ1v) is 10.1. The van der Waals surface area contributed by atoms with Gasteiger partial charge in [0, 0.05) is 31.5 Å². The lowest BCUT2D eigenvalue weighted by Gasteiger charge is -2.42. The zero-order valence-corrected chi connectivity index (χ0v) is 14.8. The van der Waals surface area contributed by atoms with Crippen molar-refractivity contribution in [2.45, 2.75) is 12.1 Å². The Morgan fingerprint density at radius 2 is 1.88 bits per heavy atom. The van der Waals surface area contributed by atoms with Crippen LogP contribution in [0.4, 0.5) is 0 Å². The number of carbonyl (C=O) groups is 1. The van der Waals surface area contributed by atoms with Gasteiger partial charge in [0.15, 0.2) is 9.84 Å². The molecule has 4 rings (SSSR count). The third-order valence-corrected chi connectivity index (χ3v) is 6.80. The van der Waals surface area contributed by atoms with Crippen LogP contribution in [0, 0.1) is 0 Å². The quantitative estimate of drug-likeness (QED) is 0.776. The number of benzene rings is 1. The second-order valence-electron chi connectivity index (χ2n) is 6.66. The Kier molecular flexibility index (Phi) is 3.88. The largest absolute Gasteiger partial charge is 0.332 e. The number of sulfone groups is 1. The second-order valence-corrected chi connectivity index (χ2v) is 8.81. The summed E-state index contributed by atoms with van der Waals surface area (Å²) in [5.74, 6) is 0.0301. The van der Waals surface area contributed by atoms with Crippen LogP contribution in [-0.2, 0) is 9.84 Å². The van der Waals surface area contributed by atoms with E-state index in [-0.39, 0.29) is 29.5 Å². The van der Waals surface area contributed by atoms with Gasteiger partial charge < -0.3 is 4.90 Å². The summed E-state index contributed by atoms with van der Waals surface area (Å²) in [5.41, 5.74) is 1.24. The molecule has 0 aliphatic carbocycles. The lowest BCUT2D eigenvalue weighted by molar-refractivity contribution is 0.0410. The molecule has 3 heterocycles. The molecule has 2 unspecified atom stereocenters. The van der Waals surface area contributed by atoms with E-state index in [2.05, 4.69) is 10.00 Å². The summed E-state index contributed by atoms with van der Waals surface area (Å²) in [6.45, 7) is 1.20. The molecule has 2 saturated heterocycles. The monoisotopic (exact) mass is 360 g/mol. The first kappa shape index (κ1) is 16.3. The van der Waals surface area contributed by atoms with E-state index in [1.807, 2.05) is 25.2 Å². The van der Waals surface area contributed by atoms with E-state index in [0.29, 0.717) is 24.3 Å². The van der Waals surface area contributed by atoms with Crippen molar-refractivity contribution < 1.29 is 13.2 Å². The van der Waals surface area contributed by atoms with Crippen LogP contribution in [0.3, 0.4) is 0 Å². The first-order chi connectivity index (χ1) is 12.0. The summed E-state index contributed by atoms with van der Waals surface area (Å²) in [5, 5.41) is 4.22. The highest BCUT2D eigenvalue weighted by molar-refractivity contribution is 7.91. The van der Waals surface area contributed by atoms with Gasteiger partial charge in [0.25, 0.3) is 5.91 Å². The van der Waals surface area contributed by atoms with Gasteiger partial charge in [-0.3, -0.25) is 9.69 Å². The number of nitrogens with zero attached hydrogens (tertiary/aromatic N) is 4. The Labute approximate surface area is 146 Å². The lowest BCUT2D eigenvalue weighted by Crippen LogP contribution is -2.59. The summed E-state index contributed by atoms with van der Waals surface area (Å²) in [6, 6.07) is 8.69. The van der Waals surface area contributed by atoms with Crippen LogP contribution in [0.25, 0.3) is 5.69 Å². The van der Waals surface area contributed by atoms with Crippen molar-refractivity contribution in [3.63, 3.8) is 0 Å². The maximum Gasteiger partial charge on any atom is 0.256 e. The Morgan fingerprint density at radius 3 is 2.64 bits per heavy atom. The van der Waals surface area contributed by atoms with E-state index in [1.54, 1.807) is 34.1 Å². The predicted molar refractivity (Wildman–Crippen MR) is 93.5 cm³/mol. The van der Waals surface area contributed by atoms with Crippen molar-refractivity contribution in [2.24, 2.45) is 0 Å². The molecule has 1 aromatic carbocycles. The van der Waals surface area contributed by atoms with Crippen LogP contribution in [-0.4, -0.2) is 77.6 Å². The van der Waals surface area contributed by atoms with Gasteiger partial charge in [-0.2, -0.15) is 5.10 Å². The fraction of sp³-hybridized carbons (Fsp3) is 0.412. The molecule has 2 aliphatic rings. The maximum atomic E-state index is 13.2. The molecule has 2 aromatic rings. The summed E-state index contributed by atoms with van der Waals surface area (Å²) in [4.78, 5) is 17.0. The SMILES string of the molecule is CN1CCN(C(=O)c2ccccc2-n2cccn2)C2CS(=O)(=O)CC21. The van der Waals surface area contributed by atoms with E-state index in [0.717, 1.165) is 0 Å². The number of para-hydroxylation sites is 1. The van der Waals surface area contributed by atoms with Gasteiger partial charge in [-0.15, -0.1) is 0 Å². The van der Waals surface area contributed by atoms with Gasteiger partial charge >= 0.3 is 0 Å². The van der Waals surface area contributed by atoms with Crippen LogP contribution < -0.4 is 0 Å². The molecule has 0 radical (unpaired) electrons. The third kappa shape index (κ3) is 2.85. The number of aromatic nitrogens is 2. The molecule has 7 nitrogen and oxygen atoms in total. The second kappa shape index (κ2) is 5.96. The molecule has 0 saturated carbocycles. The van der Waals surface area contributed by atoms with Gasteiger partial charge in [-0.1, -0.05) is 12.1 Å². The Bertz CT molecular complexity index is 894. The smallest absolute Gasteiger partial charge is 0.256 e. The summed E-state index contributed by atoms with van der Waals surface area (Å²) < 4.78 is 25.9. The van der Waals surface area contributed by atoms with Gasteiger partial charge in [0.2, 0.25) is 0 Å². The van der Waals surface area contributed by atoms with E-state index < -0.39 is 9.84 Å². The normalized spacial score (nSPS) is 25.7. The van der Waals surface area contributed by atoms with Crippen molar-refractivity contribution in [2.75, 3.05) is 31.6 Å². The van der Waals surface area contributed by atoms with Gasteiger partial charge in [-0.25, -0.2) is 13.1 Å². The summed E-state index contributed by atoms with van der Waals surface area (Å²) in [6.07, 6.45) is 3.45. The number of carbonyl (C=O) groups excluding carboxylic acids is 1. The molecule has 2 atom stereocenters. The molecule has 1 aromatic heterocycles. The molecular weight excluding hydrogens is 340 g/mol. The van der Waals surface area contributed by atoms with E-state index in [9.17, 15) is 13.2 Å². The van der Waals surface area contributed by atoms with E-state index in [1.165, 1.54) is 0 Å². The number of amides is 1. The van der Waals surface area contributed by atoms with Crippen molar-refractivity contribution in [3.8, 4) is 5.69 Å². The average molecular weight is 360 g/mol. The molecule has 132 valence electrons. The van der Waals surface area contributed by atoms with Gasteiger partial charge in [-0.05, 0) is 25.2 Å². The zero-order chi connectivity index (χ0) is 17.6. The van der Waals surface area contributed by atoms with Crippen molar-refractivity contribution in [3.05, 3.63) is 48.3 Å². The molecular formula is C17H20N4O3S. The molecule has 1 amide bonds. The molecule has 0 N–H and O–H groups in total. The number of rotatable bonds is 2. The minimum Gasteiger partial charge on any atom is -0.332 e. The molecule has 25 heavy (non-hydrogen) atoms. The van der Waals surface area contributed by atoms with Crippen LogP contribution in [0.2, 0.25) is 0 Å². The highest BCUT2D eigenvalue weighted by atomic mass is 32.2. The zero-order valence-electron chi connectivity index (χ0n) is 13.9. The van der Waals surface area contributed by atoms with Crippen LogP contribution >= 0.6 is 0 Å². The molecule has 8 heteroatoms. The fourth-order valence-electron chi connectivity index (χ4n) is 3.80. The average Bonchev–Trinajstić information content (AvgIpc) is 3.22. The summed E-state index contributed by atoms with van der Waals surface area (Å²) in [7, 11) is -1.19. The van der Waals surface area contributed by atoms with Crippen molar-refractivity contribution in [1.82, 2.24) is 19.6 Å². The summed E-state index contributed by atoms with van der Waals surface area (Å²) >= 11 is 0. The lowest BCUT2D eigenvalue weighted by atomic mass is 10.0. The Morgan fingerprint density at radius 1 is 1.12 bits per heavy atom. The number of hydrogen-bond donors (Lipinski definition) is 0. The number of hydrogen-bond acceptors (Lipinski definition) is 5. The maximum absolute atomic E-state index is 13.2. The van der Waals surface area contributed by atoms with Crippen molar-refractivity contribution in [1.29, 1.82) is 0 Å². The minimum atomic E-state index is -3.12.